The zero-order valence-corrected chi connectivity index (χ0v) is 7.89. The van der Waals surface area contributed by atoms with Crippen molar-refractivity contribution in [2.24, 2.45) is 0 Å². The third-order valence-electron chi connectivity index (χ3n) is 1.71. The van der Waals surface area contributed by atoms with E-state index in [-0.39, 0.29) is 0 Å². The van der Waals surface area contributed by atoms with Crippen LogP contribution in [0.4, 0.5) is 4.39 Å². The van der Waals surface area contributed by atoms with Gasteiger partial charge in [0.1, 0.15) is 5.67 Å². The van der Waals surface area contributed by atoms with Crippen LogP contribution in [-0.4, -0.2) is 5.67 Å². The average Bonchev–Trinajstić information content (AvgIpc) is 1.82. The third kappa shape index (κ3) is 3.04. The van der Waals surface area contributed by atoms with E-state index in [2.05, 4.69) is 0 Å². The highest BCUT2D eigenvalue weighted by atomic mass is 19.1. The minimum absolute atomic E-state index is 0.495. The fourth-order valence-electron chi connectivity index (χ4n) is 1.31. The van der Waals surface area contributed by atoms with E-state index in [1.54, 1.807) is 13.8 Å². The van der Waals surface area contributed by atoms with E-state index in [0.29, 0.717) is 6.42 Å². The Balaban J connectivity index is 2.77. The Morgan fingerprint density at radius 2 is 2.00 bits per heavy atom. The third-order valence-corrected chi connectivity index (χ3v) is 1.71. The second-order valence-electron chi connectivity index (χ2n) is 3.88. The molecule has 0 N–H and O–H groups in total. The van der Waals surface area contributed by atoms with Gasteiger partial charge in [0.25, 0.3) is 0 Å². The van der Waals surface area contributed by atoms with Crippen LogP contribution < -0.4 is 0 Å². The van der Waals surface area contributed by atoms with Crippen LogP contribution in [-0.2, 0) is 6.42 Å². The van der Waals surface area contributed by atoms with Gasteiger partial charge >= 0.3 is 0 Å². The smallest absolute Gasteiger partial charge is 0.109 e. The summed E-state index contributed by atoms with van der Waals surface area (Å²) < 4.78 is 13.2. The monoisotopic (exact) mass is 166 g/mol. The fraction of sp³-hybridized carbons (Fsp3) is 0.455. The van der Waals surface area contributed by atoms with E-state index in [0.717, 1.165) is 5.56 Å². The Kier molecular flexibility index (Phi) is 2.51. The summed E-state index contributed by atoms with van der Waals surface area (Å²) >= 11 is 0. The van der Waals surface area contributed by atoms with E-state index in [1.165, 1.54) is 5.56 Å². The molecule has 0 heterocycles. The van der Waals surface area contributed by atoms with Crippen LogP contribution in [0.25, 0.3) is 0 Å². The van der Waals surface area contributed by atoms with E-state index in [4.69, 9.17) is 0 Å². The molecule has 0 aliphatic heterocycles. The summed E-state index contributed by atoms with van der Waals surface area (Å²) in [5.74, 6) is 0. The number of aryl methyl sites for hydroxylation is 1. The molecule has 0 nitrogen and oxygen atoms in total. The minimum atomic E-state index is -1.10. The van der Waals surface area contributed by atoms with E-state index >= 15 is 0 Å². The lowest BCUT2D eigenvalue weighted by Gasteiger charge is -2.13. The molecule has 1 heteroatoms. The molecule has 1 aromatic carbocycles. The molecule has 1 rings (SSSR count). The van der Waals surface area contributed by atoms with Gasteiger partial charge in [-0.2, -0.15) is 0 Å². The Hall–Kier alpha value is -0.850. The molecule has 0 aromatic heterocycles. The van der Waals surface area contributed by atoms with Gasteiger partial charge in [0.2, 0.25) is 0 Å². The molecule has 0 saturated carbocycles. The van der Waals surface area contributed by atoms with Gasteiger partial charge in [-0.15, -0.1) is 0 Å². The fourth-order valence-corrected chi connectivity index (χ4v) is 1.31. The first-order valence-electron chi connectivity index (χ1n) is 4.22. The van der Waals surface area contributed by atoms with E-state index in [1.807, 2.05) is 31.2 Å². The first-order valence-corrected chi connectivity index (χ1v) is 4.22. The zero-order valence-electron chi connectivity index (χ0n) is 7.89. The summed E-state index contributed by atoms with van der Waals surface area (Å²) in [4.78, 5) is 0. The maximum atomic E-state index is 13.2. The van der Waals surface area contributed by atoms with Gasteiger partial charge in [-0.25, -0.2) is 4.39 Å². The van der Waals surface area contributed by atoms with Gasteiger partial charge in [-0.1, -0.05) is 29.8 Å². The van der Waals surface area contributed by atoms with Gasteiger partial charge in [0.15, 0.2) is 0 Å². The van der Waals surface area contributed by atoms with Gasteiger partial charge in [0, 0.05) is 6.42 Å². The molecule has 12 heavy (non-hydrogen) atoms. The van der Waals surface area contributed by atoms with Crippen LogP contribution in [0, 0.1) is 6.92 Å². The van der Waals surface area contributed by atoms with Crippen LogP contribution in [0.5, 0.6) is 0 Å². The zero-order chi connectivity index (χ0) is 9.19. The average molecular weight is 166 g/mol. The summed E-state index contributed by atoms with van der Waals surface area (Å²) in [6.45, 7) is 5.24. The van der Waals surface area contributed by atoms with Gasteiger partial charge in [-0.3, -0.25) is 0 Å². The predicted octanol–water partition coefficient (Wildman–Crippen LogP) is 3.29. The first kappa shape index (κ1) is 9.24. The lowest BCUT2D eigenvalue weighted by molar-refractivity contribution is 0.217. The Bertz CT molecular complexity index is 258. The standard InChI is InChI=1S/C11H15F/c1-9-5-4-6-10(7-9)8-11(2,3)12/h4-7H,8H2,1-3H3. The first-order chi connectivity index (χ1) is 5.47. The SMILES string of the molecule is Cc1cccc(CC(C)(C)F)c1. The maximum Gasteiger partial charge on any atom is 0.109 e. The van der Waals surface area contributed by atoms with Crippen molar-refractivity contribution in [2.75, 3.05) is 0 Å². The number of hydrogen-bond donors (Lipinski definition) is 0. The van der Waals surface area contributed by atoms with E-state index < -0.39 is 5.67 Å². The molecular formula is C11H15F. The lowest BCUT2D eigenvalue weighted by Crippen LogP contribution is -2.15. The summed E-state index contributed by atoms with van der Waals surface area (Å²) in [6.07, 6.45) is 0.495. The Morgan fingerprint density at radius 3 is 2.50 bits per heavy atom. The van der Waals surface area contributed by atoms with Crippen LogP contribution in [0.3, 0.4) is 0 Å². The van der Waals surface area contributed by atoms with Crippen molar-refractivity contribution in [3.8, 4) is 0 Å². The lowest BCUT2D eigenvalue weighted by atomic mass is 9.99. The van der Waals surface area contributed by atoms with Crippen molar-refractivity contribution in [1.82, 2.24) is 0 Å². The molecule has 0 saturated heterocycles. The largest absolute Gasteiger partial charge is 0.244 e. The van der Waals surface area contributed by atoms with Crippen LogP contribution in [0.15, 0.2) is 24.3 Å². The highest BCUT2D eigenvalue weighted by molar-refractivity contribution is 5.23. The molecule has 0 radical (unpaired) electrons. The second-order valence-corrected chi connectivity index (χ2v) is 3.88. The number of alkyl halides is 1. The molecule has 0 aliphatic rings. The summed E-state index contributed by atoms with van der Waals surface area (Å²) in [5, 5.41) is 0. The van der Waals surface area contributed by atoms with Crippen LogP contribution in [0.2, 0.25) is 0 Å². The molecule has 0 fully saturated rings. The van der Waals surface area contributed by atoms with E-state index in [9.17, 15) is 4.39 Å². The van der Waals surface area contributed by atoms with Crippen molar-refractivity contribution in [3.63, 3.8) is 0 Å². The number of rotatable bonds is 2. The Morgan fingerprint density at radius 1 is 1.33 bits per heavy atom. The predicted molar refractivity (Wildman–Crippen MR) is 50.1 cm³/mol. The molecular weight excluding hydrogens is 151 g/mol. The molecule has 0 bridgehead atoms. The van der Waals surface area contributed by atoms with Crippen molar-refractivity contribution >= 4 is 0 Å². The molecule has 0 atom stereocenters. The normalized spacial score (nSPS) is 11.7. The molecule has 0 amide bonds. The van der Waals surface area contributed by atoms with Crippen molar-refractivity contribution in [3.05, 3.63) is 35.4 Å². The summed E-state index contributed by atoms with van der Waals surface area (Å²) in [6, 6.07) is 7.99. The Labute approximate surface area is 73.4 Å². The topological polar surface area (TPSA) is 0 Å². The number of halogens is 1. The quantitative estimate of drug-likeness (QED) is 0.632. The number of benzene rings is 1. The van der Waals surface area contributed by atoms with Crippen molar-refractivity contribution in [2.45, 2.75) is 32.9 Å². The van der Waals surface area contributed by atoms with Crippen LogP contribution >= 0.6 is 0 Å². The highest BCUT2D eigenvalue weighted by Crippen LogP contribution is 2.16. The van der Waals surface area contributed by atoms with Crippen LogP contribution in [0.1, 0.15) is 25.0 Å². The van der Waals surface area contributed by atoms with Crippen molar-refractivity contribution in [1.29, 1.82) is 0 Å². The van der Waals surface area contributed by atoms with Gasteiger partial charge < -0.3 is 0 Å². The highest BCUT2D eigenvalue weighted by Gasteiger charge is 2.15. The second kappa shape index (κ2) is 3.26. The molecule has 0 unspecified atom stereocenters. The minimum Gasteiger partial charge on any atom is -0.244 e. The molecule has 1 aromatic rings. The molecule has 66 valence electrons. The molecule has 0 aliphatic carbocycles. The van der Waals surface area contributed by atoms with Crippen molar-refractivity contribution < 1.29 is 4.39 Å². The summed E-state index contributed by atoms with van der Waals surface area (Å²) in [7, 11) is 0. The number of hydrogen-bond acceptors (Lipinski definition) is 0. The molecule has 0 spiro atoms. The maximum absolute atomic E-state index is 13.2. The van der Waals surface area contributed by atoms with Gasteiger partial charge in [-0.05, 0) is 26.3 Å². The van der Waals surface area contributed by atoms with Gasteiger partial charge in [0.05, 0.1) is 0 Å². The summed E-state index contributed by atoms with van der Waals surface area (Å²) in [5.41, 5.74) is 1.16.